The van der Waals surface area contributed by atoms with E-state index >= 15 is 0 Å². The van der Waals surface area contributed by atoms with E-state index in [1.807, 2.05) is 30.3 Å². The van der Waals surface area contributed by atoms with Gasteiger partial charge in [0.1, 0.15) is 29.3 Å². The summed E-state index contributed by atoms with van der Waals surface area (Å²) in [6, 6.07) is 11.5. The molecule has 2 aromatic carbocycles. The largest absolute Gasteiger partial charge is 0.458 e. The maximum atomic E-state index is 14.5. The fraction of sp³-hybridized carbons (Fsp3) is 0.472. The van der Waals surface area contributed by atoms with E-state index in [9.17, 15) is 24.0 Å². The van der Waals surface area contributed by atoms with E-state index in [0.29, 0.717) is 24.0 Å². The molecule has 1 aliphatic carbocycles. The van der Waals surface area contributed by atoms with Gasteiger partial charge in [-0.1, -0.05) is 54.5 Å². The third kappa shape index (κ3) is 10.9. The molecule has 1 aliphatic rings. The molecular weight excluding hydrogens is 600 g/mol. The highest BCUT2D eigenvalue weighted by molar-refractivity contribution is 5.96. The zero-order valence-electron chi connectivity index (χ0n) is 28.0. The highest BCUT2D eigenvalue weighted by atomic mass is 16.6. The van der Waals surface area contributed by atoms with Crippen molar-refractivity contribution >= 4 is 29.8 Å². The second-order valence-electron chi connectivity index (χ2n) is 13.6. The SMILES string of the molecule is C#Cc1ccccc1C(C(=O)NC(Cc1ccccc1)C(=O)OC(C)(C)C)N(C(=O)C(CC(N)=O)NC(=O)OC(C)(C)C)C1CCC1. The predicted octanol–water partition coefficient (Wildman–Crippen LogP) is 3.93. The number of primary amides is 1. The van der Waals surface area contributed by atoms with Crippen molar-refractivity contribution in [3.05, 3.63) is 71.3 Å². The molecule has 3 atom stereocenters. The Bertz CT molecular complexity index is 1480. The highest BCUT2D eigenvalue weighted by Crippen LogP contribution is 2.35. The molecule has 2 aromatic rings. The number of nitrogens with zero attached hydrogens (tertiary/aromatic N) is 1. The molecule has 1 saturated carbocycles. The summed E-state index contributed by atoms with van der Waals surface area (Å²) in [6.07, 6.45) is 6.42. The van der Waals surface area contributed by atoms with Gasteiger partial charge in [0.15, 0.2) is 0 Å². The van der Waals surface area contributed by atoms with Crippen molar-refractivity contribution in [3.63, 3.8) is 0 Å². The Morgan fingerprint density at radius 1 is 0.894 bits per heavy atom. The Kier molecular flexibility index (Phi) is 12.2. The molecule has 0 radical (unpaired) electrons. The minimum atomic E-state index is -1.44. The molecule has 0 aromatic heterocycles. The van der Waals surface area contributed by atoms with E-state index in [1.165, 1.54) is 4.90 Å². The normalized spacial score (nSPS) is 15.1. The van der Waals surface area contributed by atoms with Gasteiger partial charge in [-0.25, -0.2) is 9.59 Å². The fourth-order valence-corrected chi connectivity index (χ4v) is 5.16. The Morgan fingerprint density at radius 3 is 2.02 bits per heavy atom. The molecule has 3 unspecified atom stereocenters. The summed E-state index contributed by atoms with van der Waals surface area (Å²) < 4.78 is 11.0. The highest BCUT2D eigenvalue weighted by Gasteiger charge is 2.44. The molecular formula is C36H46N4O7. The van der Waals surface area contributed by atoms with Crippen LogP contribution >= 0.6 is 0 Å². The Hall–Kier alpha value is -4.85. The standard InChI is InChI=1S/C36H46N4O7/c1-8-24-17-12-13-20-26(24)30(31(42)38-28(33(44)46-35(2,3)4)21-23-15-10-9-11-16-23)40(25-18-14-19-25)32(43)27(22-29(37)41)39-34(45)47-36(5,6)7/h1,9-13,15-17,20,25,27-28,30H,14,18-19,21-22H2,2-7H3,(H2,37,41)(H,38,42)(H,39,45). The number of terminal acetylenes is 1. The number of carbonyl (C=O) groups is 5. The molecule has 1 fully saturated rings. The smallest absolute Gasteiger partial charge is 0.408 e. The van der Waals surface area contributed by atoms with Gasteiger partial charge in [0.25, 0.3) is 0 Å². The van der Waals surface area contributed by atoms with Gasteiger partial charge in [-0.3, -0.25) is 14.4 Å². The lowest BCUT2D eigenvalue weighted by Crippen LogP contribution is -2.59. The number of hydrogen-bond acceptors (Lipinski definition) is 7. The zero-order valence-corrected chi connectivity index (χ0v) is 28.0. The van der Waals surface area contributed by atoms with Crippen LogP contribution in [0.25, 0.3) is 0 Å². The van der Waals surface area contributed by atoms with E-state index < -0.39 is 71.6 Å². The van der Waals surface area contributed by atoms with Crippen LogP contribution in [-0.4, -0.2) is 64.0 Å². The average molecular weight is 647 g/mol. The van der Waals surface area contributed by atoms with Crippen LogP contribution in [0.4, 0.5) is 4.79 Å². The molecule has 0 aliphatic heterocycles. The van der Waals surface area contributed by atoms with Crippen LogP contribution in [0.5, 0.6) is 0 Å². The average Bonchev–Trinajstić information content (AvgIpc) is 2.93. The van der Waals surface area contributed by atoms with Crippen LogP contribution < -0.4 is 16.4 Å². The van der Waals surface area contributed by atoms with Crippen LogP contribution in [0, 0.1) is 12.3 Å². The summed E-state index contributed by atoms with van der Waals surface area (Å²) in [6.45, 7) is 10.2. The number of carbonyl (C=O) groups excluding carboxylic acids is 5. The first-order valence-electron chi connectivity index (χ1n) is 15.7. The fourth-order valence-electron chi connectivity index (χ4n) is 5.16. The lowest BCUT2D eigenvalue weighted by molar-refractivity contribution is -0.159. The number of nitrogens with one attached hydrogen (secondary N) is 2. The number of esters is 1. The number of nitrogens with two attached hydrogens (primary N) is 1. The Balaban J connectivity index is 2.11. The van der Waals surface area contributed by atoms with Gasteiger partial charge in [-0.05, 0) is 78.0 Å². The molecule has 0 heterocycles. The number of benzene rings is 2. The van der Waals surface area contributed by atoms with E-state index in [4.69, 9.17) is 21.6 Å². The molecule has 11 nitrogen and oxygen atoms in total. The molecule has 0 bridgehead atoms. The van der Waals surface area contributed by atoms with Gasteiger partial charge in [0.05, 0.1) is 6.42 Å². The Labute approximate surface area is 276 Å². The zero-order chi connectivity index (χ0) is 34.9. The molecule has 4 amide bonds. The molecule has 252 valence electrons. The van der Waals surface area contributed by atoms with Gasteiger partial charge in [-0.15, -0.1) is 6.42 Å². The summed E-state index contributed by atoms with van der Waals surface area (Å²) in [5.74, 6) is -0.308. The monoisotopic (exact) mass is 646 g/mol. The van der Waals surface area contributed by atoms with Crippen molar-refractivity contribution in [1.29, 1.82) is 0 Å². The van der Waals surface area contributed by atoms with Gasteiger partial charge >= 0.3 is 12.1 Å². The topological polar surface area (TPSA) is 157 Å². The quantitative estimate of drug-likeness (QED) is 0.233. The number of alkyl carbamates (subject to hydrolysis) is 1. The first-order chi connectivity index (χ1) is 22.0. The number of rotatable bonds is 12. The van der Waals surface area contributed by atoms with Crippen LogP contribution in [0.3, 0.4) is 0 Å². The summed E-state index contributed by atoms with van der Waals surface area (Å²) in [5.41, 5.74) is 5.26. The Morgan fingerprint density at radius 2 is 1.49 bits per heavy atom. The molecule has 3 rings (SSSR count). The van der Waals surface area contributed by atoms with E-state index in [-0.39, 0.29) is 6.42 Å². The maximum absolute atomic E-state index is 14.5. The first kappa shape index (κ1) is 36.6. The van der Waals surface area contributed by atoms with Gasteiger partial charge in [0.2, 0.25) is 17.7 Å². The molecule has 0 saturated heterocycles. The van der Waals surface area contributed by atoms with Crippen LogP contribution in [0.1, 0.15) is 90.0 Å². The minimum absolute atomic E-state index is 0.118. The van der Waals surface area contributed by atoms with E-state index in [1.54, 1.807) is 65.8 Å². The van der Waals surface area contributed by atoms with Crippen LogP contribution in [0.15, 0.2) is 54.6 Å². The van der Waals surface area contributed by atoms with Crippen molar-refractivity contribution in [2.75, 3.05) is 0 Å². The molecule has 47 heavy (non-hydrogen) atoms. The van der Waals surface area contributed by atoms with Gasteiger partial charge in [0, 0.05) is 18.0 Å². The second-order valence-corrected chi connectivity index (χ2v) is 13.6. The summed E-state index contributed by atoms with van der Waals surface area (Å²) >= 11 is 0. The third-order valence-electron chi connectivity index (χ3n) is 7.34. The van der Waals surface area contributed by atoms with E-state index in [0.717, 1.165) is 12.0 Å². The molecule has 11 heteroatoms. The number of hydrogen-bond donors (Lipinski definition) is 3. The second kappa shape index (κ2) is 15.6. The predicted molar refractivity (Wildman–Crippen MR) is 176 cm³/mol. The lowest BCUT2D eigenvalue weighted by atomic mass is 9.87. The van der Waals surface area contributed by atoms with Crippen molar-refractivity contribution < 1.29 is 33.4 Å². The van der Waals surface area contributed by atoms with Crippen molar-refractivity contribution in [1.82, 2.24) is 15.5 Å². The minimum Gasteiger partial charge on any atom is -0.458 e. The van der Waals surface area contributed by atoms with E-state index in [2.05, 4.69) is 16.6 Å². The molecule has 0 spiro atoms. The lowest BCUT2D eigenvalue weighted by Gasteiger charge is -2.44. The van der Waals surface area contributed by atoms with Crippen molar-refractivity contribution in [3.8, 4) is 12.3 Å². The number of amides is 4. The number of ether oxygens (including phenoxy) is 2. The van der Waals surface area contributed by atoms with Crippen molar-refractivity contribution in [2.45, 2.75) is 109 Å². The summed E-state index contributed by atoms with van der Waals surface area (Å²) in [5, 5.41) is 5.33. The van der Waals surface area contributed by atoms with Gasteiger partial charge < -0.3 is 30.7 Å². The maximum Gasteiger partial charge on any atom is 0.408 e. The third-order valence-corrected chi connectivity index (χ3v) is 7.34. The summed E-state index contributed by atoms with van der Waals surface area (Å²) in [4.78, 5) is 68.8. The summed E-state index contributed by atoms with van der Waals surface area (Å²) in [7, 11) is 0. The van der Waals surface area contributed by atoms with Crippen LogP contribution in [0.2, 0.25) is 0 Å². The first-order valence-corrected chi connectivity index (χ1v) is 15.7. The van der Waals surface area contributed by atoms with Crippen molar-refractivity contribution in [2.24, 2.45) is 5.73 Å². The van der Waals surface area contributed by atoms with Gasteiger partial charge in [-0.2, -0.15) is 0 Å². The van der Waals surface area contributed by atoms with Crippen LogP contribution in [-0.2, 0) is 35.1 Å². The molecule has 4 N–H and O–H groups in total.